The summed E-state index contributed by atoms with van der Waals surface area (Å²) in [6.45, 7) is 0. The van der Waals surface area contributed by atoms with Crippen molar-refractivity contribution in [2.24, 2.45) is 4.99 Å². The van der Waals surface area contributed by atoms with Crippen LogP contribution in [0.2, 0.25) is 5.02 Å². The summed E-state index contributed by atoms with van der Waals surface area (Å²) in [5.74, 6) is 0.731. The van der Waals surface area contributed by atoms with Gasteiger partial charge >= 0.3 is 0 Å². The molecule has 0 fully saturated rings. The third kappa shape index (κ3) is 3.59. The minimum Gasteiger partial charge on any atom is -0.507 e. The Kier molecular flexibility index (Phi) is 4.65. The highest BCUT2D eigenvalue weighted by atomic mass is 127. The van der Waals surface area contributed by atoms with E-state index in [-0.39, 0.29) is 5.75 Å². The normalized spacial score (nSPS) is 11.5. The number of aromatic hydroxyl groups is 1. The predicted molar refractivity (Wildman–Crippen MR) is 113 cm³/mol. The number of hydrogen-bond acceptors (Lipinski definition) is 4. The molecule has 0 atom stereocenters. The molecule has 0 saturated heterocycles. The molecule has 4 rings (SSSR count). The van der Waals surface area contributed by atoms with E-state index in [1.54, 1.807) is 24.4 Å². The Morgan fingerprint density at radius 1 is 1.04 bits per heavy atom. The van der Waals surface area contributed by atoms with Crippen molar-refractivity contribution in [2.45, 2.75) is 0 Å². The van der Waals surface area contributed by atoms with Crippen LogP contribution >= 0.6 is 34.2 Å². The summed E-state index contributed by atoms with van der Waals surface area (Å²) in [5.41, 5.74) is 3.66. The second-order valence-electron chi connectivity index (χ2n) is 5.64. The van der Waals surface area contributed by atoms with E-state index in [0.717, 1.165) is 20.3 Å². The summed E-state index contributed by atoms with van der Waals surface area (Å²) in [5, 5.41) is 10.6. The van der Waals surface area contributed by atoms with E-state index >= 15 is 0 Å². The molecule has 0 aliphatic rings. The van der Waals surface area contributed by atoms with Gasteiger partial charge in [0.15, 0.2) is 5.58 Å². The lowest BCUT2D eigenvalue weighted by Crippen LogP contribution is -1.83. The fraction of sp³-hybridized carbons (Fsp3) is 0. The average molecular weight is 475 g/mol. The van der Waals surface area contributed by atoms with Crippen LogP contribution in [-0.2, 0) is 0 Å². The quantitative estimate of drug-likeness (QED) is 0.284. The topological polar surface area (TPSA) is 58.6 Å². The van der Waals surface area contributed by atoms with Crippen molar-refractivity contribution in [3.05, 3.63) is 74.8 Å². The van der Waals surface area contributed by atoms with Crippen molar-refractivity contribution in [1.29, 1.82) is 0 Å². The summed E-state index contributed by atoms with van der Waals surface area (Å²) in [4.78, 5) is 8.96. The number of aromatic nitrogens is 1. The summed E-state index contributed by atoms with van der Waals surface area (Å²) in [6.07, 6.45) is 1.64. The van der Waals surface area contributed by atoms with Crippen molar-refractivity contribution in [3.8, 4) is 17.2 Å². The summed E-state index contributed by atoms with van der Waals surface area (Å²) < 4.78 is 6.83. The highest BCUT2D eigenvalue weighted by molar-refractivity contribution is 14.1. The molecule has 0 amide bonds. The lowest BCUT2D eigenvalue weighted by atomic mass is 10.2. The van der Waals surface area contributed by atoms with E-state index in [9.17, 15) is 5.11 Å². The zero-order valence-corrected chi connectivity index (χ0v) is 16.3. The number of nitrogens with zero attached hydrogens (tertiary/aromatic N) is 2. The molecule has 0 aliphatic carbocycles. The van der Waals surface area contributed by atoms with Crippen molar-refractivity contribution in [2.75, 3.05) is 0 Å². The molecule has 3 aromatic carbocycles. The zero-order valence-electron chi connectivity index (χ0n) is 13.4. The standard InChI is InChI=1S/C20H12ClIN2O2/c21-14-3-1-12(2-4-14)20-24-17-10-16(6-8-19(17)26-20)23-11-13-9-15(22)5-7-18(13)25/h1-11,25H. The molecule has 0 radical (unpaired) electrons. The molecule has 0 saturated carbocycles. The Morgan fingerprint density at radius 3 is 2.65 bits per heavy atom. The highest BCUT2D eigenvalue weighted by Crippen LogP contribution is 2.28. The Bertz CT molecular complexity index is 1120. The summed E-state index contributed by atoms with van der Waals surface area (Å²) >= 11 is 8.11. The van der Waals surface area contributed by atoms with E-state index in [0.29, 0.717) is 22.1 Å². The molecule has 1 aromatic heterocycles. The lowest BCUT2D eigenvalue weighted by molar-refractivity contribution is 0.474. The largest absolute Gasteiger partial charge is 0.507 e. The molecule has 0 aliphatic heterocycles. The van der Waals surface area contributed by atoms with Crippen LogP contribution in [-0.4, -0.2) is 16.3 Å². The van der Waals surface area contributed by atoms with Gasteiger partial charge in [-0.2, -0.15) is 0 Å². The van der Waals surface area contributed by atoms with E-state index in [1.807, 2.05) is 42.5 Å². The summed E-state index contributed by atoms with van der Waals surface area (Å²) in [7, 11) is 0. The van der Waals surface area contributed by atoms with Gasteiger partial charge in [-0.3, -0.25) is 4.99 Å². The minimum absolute atomic E-state index is 0.196. The Labute approximate surface area is 168 Å². The smallest absolute Gasteiger partial charge is 0.227 e. The van der Waals surface area contributed by atoms with Crippen LogP contribution < -0.4 is 0 Å². The van der Waals surface area contributed by atoms with Crippen molar-refractivity contribution >= 4 is 57.2 Å². The molecule has 1 N–H and O–H groups in total. The van der Waals surface area contributed by atoms with Crippen molar-refractivity contribution in [1.82, 2.24) is 4.98 Å². The average Bonchev–Trinajstić information content (AvgIpc) is 3.06. The number of aliphatic imine (C=N–C) groups is 1. The van der Waals surface area contributed by atoms with Crippen LogP contribution in [0.3, 0.4) is 0 Å². The van der Waals surface area contributed by atoms with Crippen LogP contribution in [0.25, 0.3) is 22.6 Å². The van der Waals surface area contributed by atoms with Crippen LogP contribution in [0.5, 0.6) is 5.75 Å². The third-order valence-electron chi connectivity index (χ3n) is 3.80. The van der Waals surface area contributed by atoms with Gasteiger partial charge in [-0.05, 0) is 83.3 Å². The van der Waals surface area contributed by atoms with Crippen molar-refractivity contribution < 1.29 is 9.52 Å². The number of rotatable bonds is 3. The van der Waals surface area contributed by atoms with Gasteiger partial charge in [0.25, 0.3) is 0 Å². The van der Waals surface area contributed by atoms with E-state index < -0.39 is 0 Å². The first-order valence-electron chi connectivity index (χ1n) is 7.77. The second kappa shape index (κ2) is 7.09. The van der Waals surface area contributed by atoms with Gasteiger partial charge in [-0.1, -0.05) is 11.6 Å². The number of phenolic OH excluding ortho intramolecular Hbond substituents is 1. The molecule has 0 bridgehead atoms. The maximum atomic E-state index is 9.90. The first kappa shape index (κ1) is 17.1. The molecule has 26 heavy (non-hydrogen) atoms. The minimum atomic E-state index is 0.196. The second-order valence-corrected chi connectivity index (χ2v) is 7.32. The van der Waals surface area contributed by atoms with Crippen molar-refractivity contribution in [3.63, 3.8) is 0 Å². The summed E-state index contributed by atoms with van der Waals surface area (Å²) in [6, 6.07) is 18.2. The van der Waals surface area contributed by atoms with Crippen LogP contribution in [0, 0.1) is 3.57 Å². The number of phenols is 1. The fourth-order valence-electron chi connectivity index (χ4n) is 2.48. The molecular formula is C20H12ClIN2O2. The molecule has 0 spiro atoms. The maximum Gasteiger partial charge on any atom is 0.227 e. The zero-order chi connectivity index (χ0) is 18.1. The molecule has 0 unspecified atom stereocenters. The van der Waals surface area contributed by atoms with Crippen LogP contribution in [0.4, 0.5) is 5.69 Å². The van der Waals surface area contributed by atoms with Gasteiger partial charge in [-0.15, -0.1) is 0 Å². The SMILES string of the molecule is Oc1ccc(I)cc1C=Nc1ccc2oc(-c3ccc(Cl)cc3)nc2c1. The number of fused-ring (bicyclic) bond motifs is 1. The van der Waals surface area contributed by atoms with E-state index in [2.05, 4.69) is 32.6 Å². The van der Waals surface area contributed by atoms with Gasteiger partial charge < -0.3 is 9.52 Å². The Balaban J connectivity index is 1.66. The number of hydrogen-bond donors (Lipinski definition) is 1. The van der Waals surface area contributed by atoms with Gasteiger partial charge in [-0.25, -0.2) is 4.98 Å². The van der Waals surface area contributed by atoms with E-state index in [1.165, 1.54) is 0 Å². The Morgan fingerprint density at radius 2 is 1.85 bits per heavy atom. The van der Waals surface area contributed by atoms with Gasteiger partial charge in [0.2, 0.25) is 5.89 Å². The van der Waals surface area contributed by atoms with Crippen LogP contribution in [0.1, 0.15) is 5.56 Å². The number of oxazole rings is 1. The number of benzene rings is 3. The van der Waals surface area contributed by atoms with Crippen LogP contribution in [0.15, 0.2) is 70.1 Å². The lowest BCUT2D eigenvalue weighted by Gasteiger charge is -1.99. The molecule has 4 nitrogen and oxygen atoms in total. The first-order valence-corrected chi connectivity index (χ1v) is 9.23. The first-order chi connectivity index (χ1) is 12.6. The van der Waals surface area contributed by atoms with Gasteiger partial charge in [0, 0.05) is 25.9 Å². The van der Waals surface area contributed by atoms with Gasteiger partial charge in [0.1, 0.15) is 11.3 Å². The predicted octanol–water partition coefficient (Wildman–Crippen LogP) is 6.21. The molecule has 4 aromatic rings. The highest BCUT2D eigenvalue weighted by Gasteiger charge is 2.08. The molecule has 128 valence electrons. The Hall–Kier alpha value is -2.38. The van der Waals surface area contributed by atoms with E-state index in [4.69, 9.17) is 16.0 Å². The molecular weight excluding hydrogens is 463 g/mol. The fourth-order valence-corrected chi connectivity index (χ4v) is 3.13. The monoisotopic (exact) mass is 474 g/mol. The molecule has 6 heteroatoms. The third-order valence-corrected chi connectivity index (χ3v) is 4.73. The molecule has 1 heterocycles. The van der Waals surface area contributed by atoms with Gasteiger partial charge in [0.05, 0.1) is 5.69 Å². The number of halogens is 2. The maximum absolute atomic E-state index is 9.90.